The van der Waals surface area contributed by atoms with Crippen LogP contribution in [0.4, 0.5) is 18.9 Å². The number of aromatic nitrogens is 2. The summed E-state index contributed by atoms with van der Waals surface area (Å²) < 4.78 is 45.7. The minimum atomic E-state index is -2.78. The van der Waals surface area contributed by atoms with Crippen LogP contribution in [0.25, 0.3) is 0 Å². The number of nitrogens with zero attached hydrogens (tertiary/aromatic N) is 3. The molecular formula is C19H18F3N5O2S. The van der Waals surface area contributed by atoms with Crippen molar-refractivity contribution in [1.29, 1.82) is 0 Å². The van der Waals surface area contributed by atoms with Crippen molar-refractivity contribution in [1.82, 2.24) is 9.97 Å². The van der Waals surface area contributed by atoms with Gasteiger partial charge in [0.15, 0.2) is 5.17 Å². The zero-order chi connectivity index (χ0) is 21.3. The number of alkyl halides is 2. The highest BCUT2D eigenvalue weighted by atomic mass is 32.2. The van der Waals surface area contributed by atoms with E-state index < -0.39 is 29.4 Å². The van der Waals surface area contributed by atoms with Crippen molar-refractivity contribution in [2.24, 2.45) is 16.6 Å². The number of amidine groups is 1. The number of benzene rings is 1. The number of carbonyl (C=O) groups excluding carboxylic acids is 1. The second kappa shape index (κ2) is 8.23. The molecule has 0 bridgehead atoms. The number of hydrogen-bond acceptors (Lipinski definition) is 7. The number of anilines is 1. The van der Waals surface area contributed by atoms with Crippen molar-refractivity contribution in [2.75, 3.05) is 24.3 Å². The molecule has 30 heavy (non-hydrogen) atoms. The first-order valence-corrected chi connectivity index (χ1v) is 10.1. The van der Waals surface area contributed by atoms with Gasteiger partial charge >= 0.3 is 0 Å². The molecule has 1 amide bonds. The molecule has 11 heteroatoms. The van der Waals surface area contributed by atoms with Crippen LogP contribution in [0.2, 0.25) is 0 Å². The van der Waals surface area contributed by atoms with Crippen LogP contribution >= 0.6 is 11.8 Å². The van der Waals surface area contributed by atoms with E-state index in [0.717, 1.165) is 12.4 Å². The molecule has 0 spiro atoms. The monoisotopic (exact) mass is 437 g/mol. The van der Waals surface area contributed by atoms with Gasteiger partial charge in [-0.3, -0.25) is 9.78 Å². The second-order valence-corrected chi connectivity index (χ2v) is 8.04. The summed E-state index contributed by atoms with van der Waals surface area (Å²) in [6, 6.07) is 4.14. The first-order valence-electron chi connectivity index (χ1n) is 9.16. The van der Waals surface area contributed by atoms with Crippen LogP contribution < -0.4 is 11.1 Å². The zero-order valence-corrected chi connectivity index (χ0v) is 16.5. The molecule has 4 rings (SSSR count). The van der Waals surface area contributed by atoms with E-state index in [0.29, 0.717) is 29.6 Å². The van der Waals surface area contributed by atoms with E-state index in [4.69, 9.17) is 10.5 Å². The van der Waals surface area contributed by atoms with E-state index in [1.807, 2.05) is 0 Å². The van der Waals surface area contributed by atoms with E-state index in [-0.39, 0.29) is 23.8 Å². The number of ether oxygens (including phenoxy) is 1. The van der Waals surface area contributed by atoms with Crippen molar-refractivity contribution in [3.63, 3.8) is 0 Å². The largest absolute Gasteiger partial charge is 0.379 e. The molecule has 2 atom stereocenters. The Morgan fingerprint density at radius 1 is 1.33 bits per heavy atom. The zero-order valence-electron chi connectivity index (χ0n) is 15.6. The molecular weight excluding hydrogens is 419 g/mol. The Balaban J connectivity index is 1.63. The maximum Gasteiger partial charge on any atom is 0.281 e. The predicted molar refractivity (Wildman–Crippen MR) is 106 cm³/mol. The summed E-state index contributed by atoms with van der Waals surface area (Å²) in [5.41, 5.74) is 4.91. The van der Waals surface area contributed by atoms with E-state index in [9.17, 15) is 18.0 Å². The SMILES string of the molecule is NC1=NC2(c3cc(NC(=O)c4cnc(C(F)F)cn4)ccc3F)COCCC2CS1. The highest BCUT2D eigenvalue weighted by Gasteiger charge is 2.47. The van der Waals surface area contributed by atoms with Crippen LogP contribution in [-0.4, -0.2) is 40.0 Å². The minimum absolute atomic E-state index is 0.0387. The number of nitrogens with one attached hydrogen (secondary N) is 1. The summed E-state index contributed by atoms with van der Waals surface area (Å²) in [6.07, 6.45) is -0.253. The van der Waals surface area contributed by atoms with Gasteiger partial charge in [-0.05, 0) is 24.6 Å². The first kappa shape index (κ1) is 20.6. The molecule has 1 fully saturated rings. The normalized spacial score (nSPS) is 23.6. The maximum absolute atomic E-state index is 14.8. The Kier molecular flexibility index (Phi) is 5.65. The van der Waals surface area contributed by atoms with Gasteiger partial charge in [0.05, 0.1) is 19.0 Å². The fourth-order valence-corrected chi connectivity index (χ4v) is 4.67. The molecule has 1 aromatic carbocycles. The molecule has 0 aliphatic carbocycles. The summed E-state index contributed by atoms with van der Waals surface area (Å²) in [6.45, 7) is 0.752. The van der Waals surface area contributed by atoms with Gasteiger partial charge in [-0.15, -0.1) is 0 Å². The van der Waals surface area contributed by atoms with Crippen molar-refractivity contribution in [3.05, 3.63) is 53.4 Å². The summed E-state index contributed by atoms with van der Waals surface area (Å²) >= 11 is 1.43. The van der Waals surface area contributed by atoms with E-state index in [1.54, 1.807) is 0 Å². The highest BCUT2D eigenvalue weighted by molar-refractivity contribution is 8.13. The van der Waals surface area contributed by atoms with Crippen LogP contribution in [0, 0.1) is 11.7 Å². The molecule has 2 unspecified atom stereocenters. The van der Waals surface area contributed by atoms with Gasteiger partial charge in [0.25, 0.3) is 12.3 Å². The van der Waals surface area contributed by atoms with Gasteiger partial charge in [0, 0.05) is 29.5 Å². The van der Waals surface area contributed by atoms with Crippen molar-refractivity contribution in [2.45, 2.75) is 18.4 Å². The topological polar surface area (TPSA) is 102 Å². The fraction of sp³-hybridized carbons (Fsp3) is 0.368. The van der Waals surface area contributed by atoms with Crippen molar-refractivity contribution >= 4 is 28.5 Å². The molecule has 158 valence electrons. The molecule has 3 N–H and O–H groups in total. The molecule has 1 aromatic heterocycles. The molecule has 2 aliphatic heterocycles. The molecule has 3 heterocycles. The highest BCUT2D eigenvalue weighted by Crippen LogP contribution is 2.45. The van der Waals surface area contributed by atoms with Gasteiger partial charge in [-0.1, -0.05) is 11.8 Å². The number of rotatable bonds is 4. The lowest BCUT2D eigenvalue weighted by Crippen LogP contribution is -2.48. The third kappa shape index (κ3) is 3.86. The number of hydrogen-bond donors (Lipinski definition) is 2. The van der Waals surface area contributed by atoms with E-state index in [1.165, 1.54) is 30.0 Å². The Morgan fingerprint density at radius 2 is 2.17 bits per heavy atom. The second-order valence-electron chi connectivity index (χ2n) is 7.00. The standard InChI is InChI=1S/C19H18F3N5O2S/c20-13-2-1-11(26-17(28)15-7-24-14(6-25-15)16(21)22)5-12(13)19-9-29-4-3-10(19)8-30-18(23)27-19/h1-2,5-7,10,16H,3-4,8-9H2,(H2,23,27)(H,26,28). The summed E-state index contributed by atoms with van der Waals surface area (Å²) in [7, 11) is 0. The first-order chi connectivity index (χ1) is 14.4. The van der Waals surface area contributed by atoms with Gasteiger partial charge in [-0.2, -0.15) is 0 Å². The lowest BCUT2D eigenvalue weighted by Gasteiger charge is -2.43. The number of aliphatic imine (C=N–C) groups is 1. The number of thioether (sulfide) groups is 1. The lowest BCUT2D eigenvalue weighted by molar-refractivity contribution is 0.00304. The van der Waals surface area contributed by atoms with Crippen LogP contribution in [0.3, 0.4) is 0 Å². The number of amides is 1. The Labute approximate surface area is 174 Å². The summed E-state index contributed by atoms with van der Waals surface area (Å²) in [4.78, 5) is 24.2. The van der Waals surface area contributed by atoms with Crippen LogP contribution in [-0.2, 0) is 10.3 Å². The van der Waals surface area contributed by atoms with Gasteiger partial charge < -0.3 is 15.8 Å². The number of carbonyl (C=O) groups is 1. The smallest absolute Gasteiger partial charge is 0.281 e. The Hall–Kier alpha value is -2.66. The van der Waals surface area contributed by atoms with Crippen molar-refractivity contribution < 1.29 is 22.7 Å². The quantitative estimate of drug-likeness (QED) is 0.762. The van der Waals surface area contributed by atoms with Gasteiger partial charge in [-0.25, -0.2) is 23.1 Å². The van der Waals surface area contributed by atoms with Crippen LogP contribution in [0.1, 0.15) is 34.6 Å². The molecule has 1 saturated heterocycles. The van der Waals surface area contributed by atoms with Crippen molar-refractivity contribution in [3.8, 4) is 0 Å². The number of halogens is 3. The van der Waals surface area contributed by atoms with Crippen LogP contribution in [0.5, 0.6) is 0 Å². The predicted octanol–water partition coefficient (Wildman–Crippen LogP) is 3.10. The van der Waals surface area contributed by atoms with Crippen LogP contribution in [0.15, 0.2) is 35.6 Å². The molecule has 7 nitrogen and oxygen atoms in total. The van der Waals surface area contributed by atoms with E-state index in [2.05, 4.69) is 20.3 Å². The summed E-state index contributed by atoms with van der Waals surface area (Å²) in [5, 5.41) is 2.96. The average molecular weight is 437 g/mol. The van der Waals surface area contributed by atoms with E-state index >= 15 is 0 Å². The average Bonchev–Trinajstić information content (AvgIpc) is 2.74. The third-order valence-corrected chi connectivity index (χ3v) is 6.12. The summed E-state index contributed by atoms with van der Waals surface area (Å²) in [5.74, 6) is -0.400. The lowest BCUT2D eigenvalue weighted by atomic mass is 9.76. The third-order valence-electron chi connectivity index (χ3n) is 5.17. The number of nitrogens with two attached hydrogens (primary N) is 1. The van der Waals surface area contributed by atoms with Gasteiger partial charge in [0.2, 0.25) is 0 Å². The Bertz CT molecular complexity index is 989. The molecule has 0 saturated carbocycles. The number of fused-ring (bicyclic) bond motifs is 1. The molecule has 2 aliphatic rings. The minimum Gasteiger partial charge on any atom is -0.379 e. The fourth-order valence-electron chi connectivity index (χ4n) is 3.63. The Morgan fingerprint density at radius 3 is 2.90 bits per heavy atom. The maximum atomic E-state index is 14.8. The van der Waals surface area contributed by atoms with Gasteiger partial charge in [0.1, 0.15) is 22.7 Å². The molecule has 2 aromatic rings. The molecule has 0 radical (unpaired) electrons.